The molecule has 1 amide bonds. The second kappa shape index (κ2) is 11.0. The normalized spacial score (nSPS) is 19.5. The highest BCUT2D eigenvalue weighted by molar-refractivity contribution is 7.88. The molecule has 0 aromatic heterocycles. The molecule has 3 unspecified atom stereocenters. The zero-order valence-corrected chi connectivity index (χ0v) is 19.7. The number of rotatable bonds is 5. The van der Waals surface area contributed by atoms with Crippen molar-refractivity contribution in [3.63, 3.8) is 0 Å². The van der Waals surface area contributed by atoms with E-state index in [1.807, 2.05) is 30.3 Å². The summed E-state index contributed by atoms with van der Waals surface area (Å²) in [6, 6.07) is 10.1. The number of hydrogen-bond donors (Lipinski definition) is 2. The van der Waals surface area contributed by atoms with Crippen molar-refractivity contribution in [1.82, 2.24) is 10.0 Å². The lowest BCUT2D eigenvalue weighted by molar-refractivity contribution is -0.143. The third-order valence-corrected chi connectivity index (χ3v) is 5.81. The monoisotopic (exact) mass is 526 g/mol. The van der Waals surface area contributed by atoms with Crippen molar-refractivity contribution in [3.8, 4) is 0 Å². The summed E-state index contributed by atoms with van der Waals surface area (Å²) in [5.41, 5.74) is -1.86. The molecule has 2 aromatic rings. The summed E-state index contributed by atoms with van der Waals surface area (Å²) in [5, 5.41) is 2.78. The molecule has 1 aliphatic rings. The minimum absolute atomic E-state index is 0.0892. The number of carbonyl (C=O) groups excluding carboxylic acids is 1. The maximum atomic E-state index is 12.5. The average molecular weight is 526 g/mol. The van der Waals surface area contributed by atoms with Crippen LogP contribution in [-0.2, 0) is 31.9 Å². The Bertz CT molecular complexity index is 1090. The molecule has 6 nitrogen and oxygen atoms in total. The van der Waals surface area contributed by atoms with Crippen LogP contribution in [-0.4, -0.2) is 33.7 Å². The standard InChI is InChI=1S/C11H10F6O.C11H14N2O3S/c1-6(18-2)7-3-8(10(12,13)14)5-9(4-7)11(15,16)17;1-17(15,16)13-10-7-9(12-11(10)14)8-5-3-2-4-6-8/h3-6H,1-2H3;2-6,9-10,13H,7H2,1H3,(H,12,14). The van der Waals surface area contributed by atoms with Gasteiger partial charge in [-0.25, -0.2) is 13.1 Å². The Morgan fingerprint density at radius 2 is 1.51 bits per heavy atom. The van der Waals surface area contributed by atoms with Gasteiger partial charge in [0.2, 0.25) is 15.9 Å². The van der Waals surface area contributed by atoms with Gasteiger partial charge in [-0.15, -0.1) is 0 Å². The molecular weight excluding hydrogens is 502 g/mol. The first-order valence-electron chi connectivity index (χ1n) is 10.2. The maximum absolute atomic E-state index is 12.5. The van der Waals surface area contributed by atoms with Crippen LogP contribution in [0.15, 0.2) is 48.5 Å². The predicted molar refractivity (Wildman–Crippen MR) is 116 cm³/mol. The Morgan fingerprint density at radius 1 is 1.00 bits per heavy atom. The number of sulfonamides is 1. The van der Waals surface area contributed by atoms with Gasteiger partial charge in [0.1, 0.15) is 6.04 Å². The van der Waals surface area contributed by atoms with Crippen LogP contribution in [0.4, 0.5) is 26.3 Å². The fourth-order valence-electron chi connectivity index (χ4n) is 3.29. The molecule has 35 heavy (non-hydrogen) atoms. The summed E-state index contributed by atoms with van der Waals surface area (Å²) < 4.78 is 104. The number of ether oxygens (including phenoxy) is 1. The van der Waals surface area contributed by atoms with Crippen LogP contribution in [0.2, 0.25) is 0 Å². The number of amides is 1. The summed E-state index contributed by atoms with van der Waals surface area (Å²) in [5.74, 6) is -0.274. The van der Waals surface area contributed by atoms with Crippen molar-refractivity contribution in [3.05, 3.63) is 70.8 Å². The van der Waals surface area contributed by atoms with Crippen molar-refractivity contribution in [2.24, 2.45) is 0 Å². The third-order valence-electron chi connectivity index (χ3n) is 5.10. The summed E-state index contributed by atoms with van der Waals surface area (Å²) in [6.07, 6.45) is -9.02. The molecule has 0 saturated carbocycles. The highest BCUT2D eigenvalue weighted by atomic mass is 32.2. The van der Waals surface area contributed by atoms with E-state index in [0.29, 0.717) is 18.6 Å². The van der Waals surface area contributed by atoms with Crippen LogP contribution in [0.3, 0.4) is 0 Å². The molecule has 1 heterocycles. The van der Waals surface area contributed by atoms with Gasteiger partial charge in [-0.1, -0.05) is 30.3 Å². The molecule has 13 heteroatoms. The lowest BCUT2D eigenvalue weighted by Crippen LogP contribution is -2.39. The molecule has 3 rings (SSSR count). The highest BCUT2D eigenvalue weighted by Gasteiger charge is 2.37. The average Bonchev–Trinajstić information content (AvgIpc) is 3.11. The lowest BCUT2D eigenvalue weighted by atomic mass is 10.0. The van der Waals surface area contributed by atoms with Gasteiger partial charge in [-0.05, 0) is 42.7 Å². The zero-order valence-electron chi connectivity index (χ0n) is 18.9. The zero-order chi connectivity index (χ0) is 26.6. The molecule has 2 aromatic carbocycles. The largest absolute Gasteiger partial charge is 0.416 e. The molecule has 194 valence electrons. The molecule has 0 spiro atoms. The molecule has 1 aliphatic heterocycles. The molecule has 0 radical (unpaired) electrons. The summed E-state index contributed by atoms with van der Waals surface area (Å²) in [6.45, 7) is 1.37. The number of alkyl halides is 6. The first-order chi connectivity index (χ1) is 16.0. The highest BCUT2D eigenvalue weighted by Crippen LogP contribution is 2.37. The summed E-state index contributed by atoms with van der Waals surface area (Å²) in [4.78, 5) is 11.6. The van der Waals surface area contributed by atoms with E-state index in [1.54, 1.807) is 0 Å². The van der Waals surface area contributed by atoms with Crippen LogP contribution >= 0.6 is 0 Å². The van der Waals surface area contributed by atoms with Crippen LogP contribution < -0.4 is 10.0 Å². The molecule has 3 atom stereocenters. The van der Waals surface area contributed by atoms with Gasteiger partial charge in [0.15, 0.2) is 0 Å². The van der Waals surface area contributed by atoms with Gasteiger partial charge in [0.25, 0.3) is 0 Å². The van der Waals surface area contributed by atoms with Crippen molar-refractivity contribution < 1.29 is 44.3 Å². The number of methoxy groups -OCH3 is 1. The smallest absolute Gasteiger partial charge is 0.377 e. The molecule has 2 N–H and O–H groups in total. The van der Waals surface area contributed by atoms with Crippen LogP contribution in [0.1, 0.15) is 47.7 Å². The summed E-state index contributed by atoms with van der Waals surface area (Å²) >= 11 is 0. The molecule has 0 bridgehead atoms. The van der Waals surface area contributed by atoms with E-state index < -0.39 is 45.6 Å². The predicted octanol–water partition coefficient (Wildman–Crippen LogP) is 4.60. The Labute approximate surface area is 198 Å². The number of nitrogens with one attached hydrogen (secondary N) is 2. The number of hydrogen-bond acceptors (Lipinski definition) is 4. The minimum atomic E-state index is -4.83. The topological polar surface area (TPSA) is 84.5 Å². The van der Waals surface area contributed by atoms with Gasteiger partial charge < -0.3 is 10.1 Å². The number of carbonyl (C=O) groups is 1. The fourth-order valence-corrected chi connectivity index (χ4v) is 4.01. The van der Waals surface area contributed by atoms with E-state index in [9.17, 15) is 39.6 Å². The SMILES string of the molecule is COC(C)c1cc(C(F)(F)F)cc(C(F)(F)F)c1.CS(=O)(=O)NC1CC(c2ccccc2)NC1=O. The quantitative estimate of drug-likeness (QED) is 0.558. The maximum Gasteiger partial charge on any atom is 0.416 e. The molecular formula is C22H24F6N2O4S. The van der Waals surface area contributed by atoms with E-state index in [0.717, 1.165) is 11.8 Å². The van der Waals surface area contributed by atoms with E-state index >= 15 is 0 Å². The van der Waals surface area contributed by atoms with Crippen LogP contribution in [0, 0.1) is 0 Å². The van der Waals surface area contributed by atoms with E-state index in [4.69, 9.17) is 4.74 Å². The Balaban J connectivity index is 0.000000247. The van der Waals surface area contributed by atoms with Gasteiger partial charge in [0, 0.05) is 7.11 Å². The first-order valence-corrected chi connectivity index (χ1v) is 12.0. The van der Waals surface area contributed by atoms with Gasteiger partial charge >= 0.3 is 12.4 Å². The van der Waals surface area contributed by atoms with Crippen LogP contribution in [0.25, 0.3) is 0 Å². The lowest BCUT2D eigenvalue weighted by Gasteiger charge is -2.17. The van der Waals surface area contributed by atoms with Crippen LogP contribution in [0.5, 0.6) is 0 Å². The molecule has 1 saturated heterocycles. The molecule has 1 fully saturated rings. The van der Waals surface area contributed by atoms with Crippen molar-refractivity contribution >= 4 is 15.9 Å². The van der Waals surface area contributed by atoms with Gasteiger partial charge in [-0.3, -0.25) is 4.79 Å². The number of benzene rings is 2. The molecule has 0 aliphatic carbocycles. The Kier molecular flexibility index (Phi) is 8.95. The van der Waals surface area contributed by atoms with E-state index in [2.05, 4.69) is 10.0 Å². The number of halogens is 6. The van der Waals surface area contributed by atoms with Crippen molar-refractivity contribution in [1.29, 1.82) is 0 Å². The Morgan fingerprint density at radius 3 is 1.94 bits per heavy atom. The third kappa shape index (κ3) is 8.51. The van der Waals surface area contributed by atoms with E-state index in [-0.39, 0.29) is 23.6 Å². The Hall–Kier alpha value is -2.64. The minimum Gasteiger partial charge on any atom is -0.377 e. The first kappa shape index (κ1) is 28.6. The fraction of sp³-hybridized carbons (Fsp3) is 0.409. The van der Waals surface area contributed by atoms with Gasteiger partial charge in [0.05, 0.1) is 29.5 Å². The van der Waals surface area contributed by atoms with Crippen molar-refractivity contribution in [2.75, 3.05) is 13.4 Å². The second-order valence-corrected chi connectivity index (χ2v) is 9.65. The second-order valence-electron chi connectivity index (χ2n) is 7.87. The van der Waals surface area contributed by atoms with Crippen molar-refractivity contribution in [2.45, 2.75) is 43.9 Å². The van der Waals surface area contributed by atoms with Gasteiger partial charge in [-0.2, -0.15) is 26.3 Å². The summed E-state index contributed by atoms with van der Waals surface area (Å²) in [7, 11) is -2.15. The van der Waals surface area contributed by atoms with E-state index in [1.165, 1.54) is 14.0 Å².